The first-order valence-electron chi connectivity index (χ1n) is 9.67. The Morgan fingerprint density at radius 1 is 0.826 bits per heavy atom. The topological polar surface area (TPSA) is 26.8 Å². The number of piperidine rings is 2. The molecule has 0 aromatic heterocycles. The average Bonchev–Trinajstić information content (AvgIpc) is 2.46. The highest BCUT2D eigenvalue weighted by atomic mass is 16.2. The van der Waals surface area contributed by atoms with Gasteiger partial charge in [0.25, 0.3) is 0 Å². The maximum Gasteiger partial charge on any atom is 0.228 e. The summed E-state index contributed by atoms with van der Waals surface area (Å²) < 4.78 is 0. The molecule has 0 radical (unpaired) electrons. The predicted octanol–water partition coefficient (Wildman–Crippen LogP) is 2.44. The second-order valence-corrected chi connectivity index (χ2v) is 8.70. The van der Waals surface area contributed by atoms with Crippen LogP contribution in [0.15, 0.2) is 0 Å². The summed E-state index contributed by atoms with van der Waals surface area (Å²) in [6, 6.07) is 1.26. The molecule has 0 bridgehead atoms. The van der Waals surface area contributed by atoms with Gasteiger partial charge in [-0.1, -0.05) is 0 Å². The smallest absolute Gasteiger partial charge is 0.228 e. The van der Waals surface area contributed by atoms with Gasteiger partial charge in [-0.3, -0.25) is 9.69 Å². The van der Waals surface area contributed by atoms with Crippen LogP contribution < -0.4 is 0 Å². The van der Waals surface area contributed by atoms with Crippen molar-refractivity contribution in [2.24, 2.45) is 11.3 Å². The van der Waals surface area contributed by atoms with Gasteiger partial charge in [0.05, 0.1) is 5.92 Å². The number of likely N-dealkylation sites (tertiary alicyclic amines) is 3. The Kier molecular flexibility index (Phi) is 5.03. The Balaban J connectivity index is 1.45. The quantitative estimate of drug-likeness (QED) is 0.799. The van der Waals surface area contributed by atoms with Crippen molar-refractivity contribution in [2.75, 3.05) is 39.3 Å². The molecule has 0 aliphatic carbocycles. The van der Waals surface area contributed by atoms with E-state index in [2.05, 4.69) is 42.4 Å². The lowest BCUT2D eigenvalue weighted by molar-refractivity contribution is -0.144. The van der Waals surface area contributed by atoms with Crippen molar-refractivity contribution in [2.45, 2.75) is 65.5 Å². The minimum absolute atomic E-state index is 0.272. The number of hydrogen-bond donors (Lipinski definition) is 0. The summed E-state index contributed by atoms with van der Waals surface area (Å²) in [6.07, 6.45) is 5.12. The van der Waals surface area contributed by atoms with E-state index in [9.17, 15) is 4.79 Å². The summed E-state index contributed by atoms with van der Waals surface area (Å²) in [5.41, 5.74) is 0.533. The fourth-order valence-corrected chi connectivity index (χ4v) is 4.56. The molecule has 4 heteroatoms. The van der Waals surface area contributed by atoms with Crippen molar-refractivity contribution in [3.8, 4) is 0 Å². The second kappa shape index (κ2) is 6.72. The van der Waals surface area contributed by atoms with Crippen LogP contribution in [0, 0.1) is 11.3 Å². The molecule has 0 saturated carbocycles. The molecule has 0 aromatic rings. The standard InChI is InChI=1S/C19H35N3O/c1-15(2)20-9-5-19(6-10-20)7-11-21(12-8-19)18(23)17-13-22(14-17)16(3)4/h15-17H,5-14H2,1-4H3. The van der Waals surface area contributed by atoms with E-state index >= 15 is 0 Å². The Hall–Kier alpha value is -0.610. The summed E-state index contributed by atoms with van der Waals surface area (Å²) in [6.45, 7) is 15.5. The van der Waals surface area contributed by atoms with Crippen molar-refractivity contribution in [3.63, 3.8) is 0 Å². The number of rotatable bonds is 3. The first-order valence-corrected chi connectivity index (χ1v) is 9.67. The molecular formula is C19H35N3O. The first kappa shape index (κ1) is 17.2. The minimum atomic E-state index is 0.272. The van der Waals surface area contributed by atoms with Crippen LogP contribution in [-0.2, 0) is 4.79 Å². The highest BCUT2D eigenvalue weighted by Crippen LogP contribution is 2.42. The molecule has 132 valence electrons. The SMILES string of the molecule is CC(C)N1CCC2(CCN(C(=O)C3CN(C(C)C)C3)CC2)CC1. The molecule has 4 nitrogen and oxygen atoms in total. The second-order valence-electron chi connectivity index (χ2n) is 8.70. The number of carbonyl (C=O) groups excluding carboxylic acids is 1. The molecule has 1 amide bonds. The molecule has 3 fully saturated rings. The highest BCUT2D eigenvalue weighted by molar-refractivity contribution is 5.80. The lowest BCUT2D eigenvalue weighted by Crippen LogP contribution is -2.58. The molecule has 3 rings (SSSR count). The maximum absolute atomic E-state index is 12.7. The number of carbonyl (C=O) groups is 1. The molecule has 3 heterocycles. The zero-order valence-electron chi connectivity index (χ0n) is 15.6. The van der Waals surface area contributed by atoms with E-state index in [4.69, 9.17) is 0 Å². The van der Waals surface area contributed by atoms with E-state index in [0.717, 1.165) is 26.2 Å². The highest BCUT2D eigenvalue weighted by Gasteiger charge is 2.42. The lowest BCUT2D eigenvalue weighted by atomic mass is 9.71. The average molecular weight is 322 g/mol. The van der Waals surface area contributed by atoms with E-state index in [1.165, 1.54) is 38.8 Å². The van der Waals surface area contributed by atoms with Crippen LogP contribution in [0.25, 0.3) is 0 Å². The molecule has 0 atom stereocenters. The van der Waals surface area contributed by atoms with Gasteiger partial charge in [-0.2, -0.15) is 0 Å². The van der Waals surface area contributed by atoms with Gasteiger partial charge >= 0.3 is 0 Å². The van der Waals surface area contributed by atoms with Crippen molar-refractivity contribution < 1.29 is 4.79 Å². The maximum atomic E-state index is 12.7. The van der Waals surface area contributed by atoms with Gasteiger partial charge in [0.2, 0.25) is 5.91 Å². The van der Waals surface area contributed by atoms with E-state index in [-0.39, 0.29) is 5.92 Å². The van der Waals surface area contributed by atoms with Gasteiger partial charge in [-0.15, -0.1) is 0 Å². The Morgan fingerprint density at radius 3 is 1.78 bits per heavy atom. The molecule has 23 heavy (non-hydrogen) atoms. The zero-order valence-corrected chi connectivity index (χ0v) is 15.6. The van der Waals surface area contributed by atoms with Crippen molar-refractivity contribution in [3.05, 3.63) is 0 Å². The van der Waals surface area contributed by atoms with Crippen LogP contribution in [0.1, 0.15) is 53.4 Å². The van der Waals surface area contributed by atoms with Gasteiger partial charge < -0.3 is 9.80 Å². The van der Waals surface area contributed by atoms with Crippen LogP contribution >= 0.6 is 0 Å². The molecule has 0 aromatic carbocycles. The lowest BCUT2D eigenvalue weighted by Gasteiger charge is -2.49. The molecule has 3 aliphatic heterocycles. The van der Waals surface area contributed by atoms with Gasteiger partial charge in [0, 0.05) is 38.3 Å². The number of hydrogen-bond acceptors (Lipinski definition) is 3. The van der Waals surface area contributed by atoms with E-state index in [1.54, 1.807) is 0 Å². The summed E-state index contributed by atoms with van der Waals surface area (Å²) in [5, 5.41) is 0. The fourth-order valence-electron chi connectivity index (χ4n) is 4.56. The van der Waals surface area contributed by atoms with Gasteiger partial charge in [-0.25, -0.2) is 0 Å². The molecule has 3 aliphatic rings. The van der Waals surface area contributed by atoms with Crippen LogP contribution in [0.2, 0.25) is 0 Å². The molecule has 0 N–H and O–H groups in total. The molecule has 3 saturated heterocycles. The fraction of sp³-hybridized carbons (Fsp3) is 0.947. The number of nitrogens with zero attached hydrogens (tertiary/aromatic N) is 3. The van der Waals surface area contributed by atoms with E-state index in [0.29, 0.717) is 23.4 Å². The Labute approximate surface area is 142 Å². The largest absolute Gasteiger partial charge is 0.342 e. The third kappa shape index (κ3) is 3.58. The van der Waals surface area contributed by atoms with Gasteiger partial charge in [-0.05, 0) is 71.9 Å². The summed E-state index contributed by atoms with van der Waals surface area (Å²) in [5.74, 6) is 0.700. The Bertz CT molecular complexity index is 410. The third-order valence-corrected chi connectivity index (χ3v) is 6.71. The monoisotopic (exact) mass is 321 g/mol. The third-order valence-electron chi connectivity index (χ3n) is 6.71. The molecule has 0 unspecified atom stereocenters. The normalized spacial score (nSPS) is 27.0. The van der Waals surface area contributed by atoms with E-state index in [1.807, 2.05) is 0 Å². The first-order chi connectivity index (χ1) is 10.9. The number of amides is 1. The van der Waals surface area contributed by atoms with Crippen LogP contribution in [0.4, 0.5) is 0 Å². The van der Waals surface area contributed by atoms with Crippen molar-refractivity contribution >= 4 is 5.91 Å². The predicted molar refractivity (Wildman–Crippen MR) is 94.4 cm³/mol. The summed E-state index contributed by atoms with van der Waals surface area (Å²) >= 11 is 0. The van der Waals surface area contributed by atoms with Gasteiger partial charge in [0.1, 0.15) is 0 Å². The molecule has 1 spiro atoms. The Morgan fingerprint density at radius 2 is 1.30 bits per heavy atom. The summed E-state index contributed by atoms with van der Waals surface area (Å²) in [7, 11) is 0. The minimum Gasteiger partial charge on any atom is -0.342 e. The van der Waals surface area contributed by atoms with Crippen molar-refractivity contribution in [1.82, 2.24) is 14.7 Å². The van der Waals surface area contributed by atoms with Crippen LogP contribution in [-0.4, -0.2) is 72.0 Å². The van der Waals surface area contributed by atoms with Crippen molar-refractivity contribution in [1.29, 1.82) is 0 Å². The van der Waals surface area contributed by atoms with Crippen LogP contribution in [0.5, 0.6) is 0 Å². The molecular weight excluding hydrogens is 286 g/mol. The van der Waals surface area contributed by atoms with Gasteiger partial charge in [0.15, 0.2) is 0 Å². The van der Waals surface area contributed by atoms with E-state index < -0.39 is 0 Å². The van der Waals surface area contributed by atoms with Crippen LogP contribution in [0.3, 0.4) is 0 Å². The zero-order chi connectivity index (χ0) is 16.6. The summed E-state index contributed by atoms with van der Waals surface area (Å²) in [4.78, 5) is 19.8.